The molecule has 1 aromatic rings. The van der Waals surface area contributed by atoms with Crippen molar-refractivity contribution in [1.82, 2.24) is 5.32 Å². The summed E-state index contributed by atoms with van der Waals surface area (Å²) in [6.45, 7) is 5.66. The highest BCUT2D eigenvalue weighted by molar-refractivity contribution is 5.83. The molecule has 0 saturated heterocycles. The second-order valence-electron chi connectivity index (χ2n) is 5.30. The molecule has 1 amide bonds. The second-order valence-corrected chi connectivity index (χ2v) is 5.30. The number of carboxylic acid groups (broad SMARTS) is 1. The van der Waals surface area contributed by atoms with Crippen molar-refractivity contribution in [2.75, 3.05) is 0 Å². The minimum Gasteiger partial charge on any atom is -0.480 e. The van der Waals surface area contributed by atoms with Gasteiger partial charge in [0.1, 0.15) is 6.04 Å². The topological polar surface area (TPSA) is 66.4 Å². The molecular weight excluding hydrogens is 254 g/mol. The Balaban J connectivity index is 2.47. The van der Waals surface area contributed by atoms with E-state index >= 15 is 0 Å². The van der Waals surface area contributed by atoms with Crippen LogP contribution in [0.5, 0.6) is 0 Å². The van der Waals surface area contributed by atoms with Gasteiger partial charge in [0, 0.05) is 6.42 Å². The van der Waals surface area contributed by atoms with Crippen LogP contribution >= 0.6 is 0 Å². The quantitative estimate of drug-likeness (QED) is 0.804. The Morgan fingerprint density at radius 3 is 2.15 bits per heavy atom. The van der Waals surface area contributed by atoms with E-state index in [2.05, 4.69) is 24.4 Å². The fourth-order valence-electron chi connectivity index (χ4n) is 1.96. The summed E-state index contributed by atoms with van der Waals surface area (Å²) in [6.07, 6.45) is 1.93. The molecule has 1 atom stereocenters. The maximum Gasteiger partial charge on any atom is 0.326 e. The largest absolute Gasteiger partial charge is 0.480 e. The first-order valence-electron chi connectivity index (χ1n) is 7.04. The van der Waals surface area contributed by atoms with Crippen LogP contribution in [0.2, 0.25) is 0 Å². The highest BCUT2D eigenvalue weighted by atomic mass is 16.4. The molecule has 0 bridgehead atoms. The summed E-state index contributed by atoms with van der Waals surface area (Å²) < 4.78 is 0. The van der Waals surface area contributed by atoms with E-state index in [1.165, 1.54) is 5.56 Å². The van der Waals surface area contributed by atoms with Crippen LogP contribution in [-0.2, 0) is 22.4 Å². The van der Waals surface area contributed by atoms with Gasteiger partial charge in [0.15, 0.2) is 0 Å². The summed E-state index contributed by atoms with van der Waals surface area (Å²) >= 11 is 0. The number of nitrogens with one attached hydrogen (secondary N) is 1. The lowest BCUT2D eigenvalue weighted by atomic mass is 10.0. The summed E-state index contributed by atoms with van der Waals surface area (Å²) in [5.74, 6) is -1.33. The summed E-state index contributed by atoms with van der Waals surface area (Å²) in [7, 11) is 0. The number of benzene rings is 1. The van der Waals surface area contributed by atoms with E-state index in [1.54, 1.807) is 13.8 Å². The number of carboxylic acids is 1. The molecule has 0 aliphatic carbocycles. The van der Waals surface area contributed by atoms with Gasteiger partial charge in [-0.15, -0.1) is 0 Å². The maximum absolute atomic E-state index is 11.8. The molecule has 0 aliphatic heterocycles. The van der Waals surface area contributed by atoms with Gasteiger partial charge >= 0.3 is 5.97 Å². The van der Waals surface area contributed by atoms with Crippen LogP contribution in [0, 0.1) is 5.92 Å². The number of aliphatic carboxylic acids is 1. The highest BCUT2D eigenvalue weighted by Gasteiger charge is 2.22. The Hall–Kier alpha value is -1.84. The summed E-state index contributed by atoms with van der Waals surface area (Å²) in [6, 6.07) is 7.33. The van der Waals surface area contributed by atoms with Crippen LogP contribution in [0.4, 0.5) is 0 Å². The van der Waals surface area contributed by atoms with Crippen LogP contribution < -0.4 is 5.32 Å². The minimum atomic E-state index is -0.986. The van der Waals surface area contributed by atoms with E-state index in [0.29, 0.717) is 12.8 Å². The van der Waals surface area contributed by atoms with Gasteiger partial charge in [0.05, 0.1) is 0 Å². The van der Waals surface area contributed by atoms with Crippen molar-refractivity contribution in [3.05, 3.63) is 35.4 Å². The van der Waals surface area contributed by atoms with Gasteiger partial charge in [-0.1, -0.05) is 45.0 Å². The highest BCUT2D eigenvalue weighted by Crippen LogP contribution is 2.08. The Morgan fingerprint density at radius 1 is 1.15 bits per heavy atom. The fourth-order valence-corrected chi connectivity index (χ4v) is 1.96. The predicted octanol–water partition coefficient (Wildman–Crippen LogP) is 2.41. The lowest BCUT2D eigenvalue weighted by Gasteiger charge is -2.17. The van der Waals surface area contributed by atoms with Crippen LogP contribution in [0.15, 0.2) is 24.3 Å². The smallest absolute Gasteiger partial charge is 0.326 e. The molecule has 0 spiro atoms. The molecule has 2 N–H and O–H groups in total. The first kappa shape index (κ1) is 16.2. The number of carbonyl (C=O) groups is 2. The molecule has 0 heterocycles. The van der Waals surface area contributed by atoms with Crippen LogP contribution in [-0.4, -0.2) is 23.0 Å². The third-order valence-corrected chi connectivity index (χ3v) is 3.32. The van der Waals surface area contributed by atoms with Crippen molar-refractivity contribution in [1.29, 1.82) is 0 Å². The predicted molar refractivity (Wildman–Crippen MR) is 78.5 cm³/mol. The first-order chi connectivity index (χ1) is 9.43. The molecule has 110 valence electrons. The number of amides is 1. The zero-order chi connectivity index (χ0) is 15.1. The normalized spacial score (nSPS) is 12.2. The molecule has 0 aliphatic rings. The average Bonchev–Trinajstić information content (AvgIpc) is 2.42. The Kier molecular flexibility index (Phi) is 6.22. The Labute approximate surface area is 120 Å². The Bertz CT molecular complexity index is 451. The molecule has 0 saturated carbocycles. The second kappa shape index (κ2) is 7.68. The van der Waals surface area contributed by atoms with E-state index < -0.39 is 12.0 Å². The zero-order valence-electron chi connectivity index (χ0n) is 12.3. The van der Waals surface area contributed by atoms with Crippen molar-refractivity contribution in [3.63, 3.8) is 0 Å². The molecule has 0 radical (unpaired) electrons. The number of aryl methyl sites for hydroxylation is 2. The lowest BCUT2D eigenvalue weighted by molar-refractivity contribution is -0.143. The van der Waals surface area contributed by atoms with Crippen molar-refractivity contribution in [2.24, 2.45) is 5.92 Å². The van der Waals surface area contributed by atoms with Crippen LogP contribution in [0.3, 0.4) is 0 Å². The fraction of sp³-hybridized carbons (Fsp3) is 0.500. The van der Waals surface area contributed by atoms with Crippen LogP contribution in [0.1, 0.15) is 38.3 Å². The monoisotopic (exact) mass is 277 g/mol. The van der Waals surface area contributed by atoms with Crippen molar-refractivity contribution in [2.45, 2.75) is 46.1 Å². The molecule has 0 aromatic heterocycles. The van der Waals surface area contributed by atoms with Gasteiger partial charge in [0.25, 0.3) is 0 Å². The minimum absolute atomic E-state index is 0.125. The van der Waals surface area contributed by atoms with Crippen molar-refractivity contribution >= 4 is 11.9 Å². The van der Waals surface area contributed by atoms with Crippen LogP contribution in [0.25, 0.3) is 0 Å². The van der Waals surface area contributed by atoms with Gasteiger partial charge in [-0.05, 0) is 29.9 Å². The molecule has 4 nitrogen and oxygen atoms in total. The zero-order valence-corrected chi connectivity index (χ0v) is 12.3. The number of rotatable bonds is 7. The third kappa shape index (κ3) is 5.03. The standard InChI is InChI=1S/C16H23NO3/c1-4-12-5-7-13(8-6-12)9-10-14(18)17-15(11(2)3)16(19)20/h5-8,11,15H,4,9-10H2,1-3H3,(H,17,18)(H,19,20)/t15-/m1/s1. The molecule has 20 heavy (non-hydrogen) atoms. The molecule has 1 rings (SSSR count). The van der Waals surface area contributed by atoms with E-state index in [0.717, 1.165) is 12.0 Å². The van der Waals surface area contributed by atoms with Crippen molar-refractivity contribution in [3.8, 4) is 0 Å². The van der Waals surface area contributed by atoms with Crippen molar-refractivity contribution < 1.29 is 14.7 Å². The SMILES string of the molecule is CCc1ccc(CCC(=O)N[C@@H](C(=O)O)C(C)C)cc1. The average molecular weight is 277 g/mol. The first-order valence-corrected chi connectivity index (χ1v) is 7.04. The summed E-state index contributed by atoms with van der Waals surface area (Å²) in [4.78, 5) is 22.8. The Morgan fingerprint density at radius 2 is 1.70 bits per heavy atom. The van der Waals surface area contributed by atoms with Gasteiger partial charge in [-0.2, -0.15) is 0 Å². The van der Waals surface area contributed by atoms with E-state index in [-0.39, 0.29) is 11.8 Å². The third-order valence-electron chi connectivity index (χ3n) is 3.32. The van der Waals surface area contributed by atoms with Gasteiger partial charge in [0.2, 0.25) is 5.91 Å². The van der Waals surface area contributed by atoms with E-state index in [1.807, 2.05) is 12.1 Å². The molecule has 1 aromatic carbocycles. The van der Waals surface area contributed by atoms with Gasteiger partial charge in [-0.3, -0.25) is 4.79 Å². The molecular formula is C16H23NO3. The van der Waals surface area contributed by atoms with E-state index in [4.69, 9.17) is 5.11 Å². The molecule has 0 fully saturated rings. The number of carbonyl (C=O) groups excluding carboxylic acids is 1. The molecule has 4 heteroatoms. The lowest BCUT2D eigenvalue weighted by Crippen LogP contribution is -2.44. The molecule has 0 unspecified atom stereocenters. The van der Waals surface area contributed by atoms with Gasteiger partial charge < -0.3 is 10.4 Å². The van der Waals surface area contributed by atoms with E-state index in [9.17, 15) is 9.59 Å². The summed E-state index contributed by atoms with van der Waals surface area (Å²) in [5, 5.41) is 11.6. The maximum atomic E-state index is 11.8. The summed E-state index contributed by atoms with van der Waals surface area (Å²) in [5.41, 5.74) is 2.36. The van der Waals surface area contributed by atoms with Gasteiger partial charge in [-0.25, -0.2) is 4.79 Å². The number of hydrogen-bond acceptors (Lipinski definition) is 2. The number of hydrogen-bond donors (Lipinski definition) is 2.